The molecule has 1 atom stereocenters. The molecule has 2 aromatic heterocycles. The molecule has 2 aromatic carbocycles. The van der Waals surface area contributed by atoms with Crippen LogP contribution in [-0.2, 0) is 10.2 Å². The molecule has 1 fully saturated rings. The predicted octanol–water partition coefficient (Wildman–Crippen LogP) is 4.79. The van der Waals surface area contributed by atoms with Crippen molar-refractivity contribution in [3.8, 4) is 6.07 Å². The lowest BCUT2D eigenvalue weighted by Crippen LogP contribution is -2.45. The Labute approximate surface area is 255 Å². The zero-order valence-corrected chi connectivity index (χ0v) is 24.7. The van der Waals surface area contributed by atoms with E-state index in [0.29, 0.717) is 34.0 Å². The molecule has 0 bridgehead atoms. The Bertz CT molecular complexity index is 1710. The number of anilines is 3. The summed E-state index contributed by atoms with van der Waals surface area (Å²) in [5.74, 6) is -0.327. The van der Waals surface area contributed by atoms with Gasteiger partial charge in [0.25, 0.3) is 0 Å². The number of fused-ring (bicyclic) bond motifs is 1. The number of nitrogens with one attached hydrogen (secondary N) is 4. The van der Waals surface area contributed by atoms with Crippen LogP contribution in [0.5, 0.6) is 0 Å². The van der Waals surface area contributed by atoms with E-state index in [4.69, 9.17) is 16.3 Å². The molecular formula is C31H31BClFN8O. The molecule has 4 heterocycles. The highest BCUT2D eigenvalue weighted by molar-refractivity contribution is 6.36. The topological polar surface area (TPSA) is 110 Å². The molecule has 6 rings (SSSR count). The highest BCUT2D eigenvalue weighted by Gasteiger charge is 2.35. The molecular weight excluding hydrogens is 566 g/mol. The van der Waals surface area contributed by atoms with Crippen LogP contribution in [0, 0.1) is 22.6 Å². The van der Waals surface area contributed by atoms with E-state index in [9.17, 15) is 9.65 Å². The van der Waals surface area contributed by atoms with Gasteiger partial charge in [-0.15, -0.1) is 5.53 Å². The number of aromatic nitrogens is 2. The van der Waals surface area contributed by atoms with E-state index in [0.717, 1.165) is 48.4 Å². The molecule has 1 saturated heterocycles. The highest BCUT2D eigenvalue weighted by Crippen LogP contribution is 2.38. The predicted molar refractivity (Wildman–Crippen MR) is 169 cm³/mol. The molecule has 2 aliphatic rings. The van der Waals surface area contributed by atoms with Crippen LogP contribution < -0.4 is 26.6 Å². The molecule has 0 radical (unpaired) electrons. The van der Waals surface area contributed by atoms with Crippen LogP contribution in [0.2, 0.25) is 5.02 Å². The minimum absolute atomic E-state index is 0.0368. The first-order chi connectivity index (χ1) is 20.8. The van der Waals surface area contributed by atoms with Gasteiger partial charge in [0.1, 0.15) is 19.7 Å². The fourth-order valence-corrected chi connectivity index (χ4v) is 5.79. The summed E-state index contributed by atoms with van der Waals surface area (Å²) in [4.78, 5) is 8.73. The summed E-state index contributed by atoms with van der Waals surface area (Å²) in [5.41, 5.74) is 10.4. The van der Waals surface area contributed by atoms with Crippen molar-refractivity contribution in [1.82, 2.24) is 20.9 Å². The van der Waals surface area contributed by atoms with Crippen LogP contribution in [-0.4, -0.2) is 37.6 Å². The average Bonchev–Trinajstić information content (AvgIpc) is 3.52. The fourth-order valence-electron chi connectivity index (χ4n) is 5.52. The number of hydrogen-bond acceptors (Lipinski definition) is 9. The second-order valence-electron chi connectivity index (χ2n) is 11.4. The number of halogens is 2. The third-order valence-corrected chi connectivity index (χ3v) is 8.57. The Morgan fingerprint density at radius 1 is 1.21 bits per heavy atom. The van der Waals surface area contributed by atoms with Gasteiger partial charge in [0.2, 0.25) is 0 Å². The first-order valence-corrected chi connectivity index (χ1v) is 14.5. The maximum absolute atomic E-state index is 14.0. The first-order valence-electron chi connectivity index (χ1n) is 14.1. The number of hydrogen-bond donors (Lipinski definition) is 4. The summed E-state index contributed by atoms with van der Waals surface area (Å²) in [7, 11) is 2.00. The van der Waals surface area contributed by atoms with Crippen molar-refractivity contribution in [3.63, 3.8) is 0 Å². The zero-order chi connectivity index (χ0) is 30.0. The van der Waals surface area contributed by atoms with E-state index in [-0.39, 0.29) is 11.2 Å². The minimum Gasteiger partial charge on any atom is -0.383 e. The number of nitrogens with zero attached hydrogens (tertiary/aromatic N) is 4. The van der Waals surface area contributed by atoms with Crippen molar-refractivity contribution in [2.75, 3.05) is 35.4 Å². The molecule has 0 amide bonds. The molecule has 12 heteroatoms. The van der Waals surface area contributed by atoms with Crippen LogP contribution >= 0.6 is 11.6 Å². The Morgan fingerprint density at radius 2 is 2.00 bits per heavy atom. The fraction of sp³-hybridized carbons (Fsp3) is 0.258. The summed E-state index contributed by atoms with van der Waals surface area (Å²) >= 11 is 6.83. The number of rotatable bonds is 8. The van der Waals surface area contributed by atoms with Gasteiger partial charge >= 0.3 is 0 Å². The lowest BCUT2D eigenvalue weighted by atomic mass is 9.69. The highest BCUT2D eigenvalue weighted by atomic mass is 35.5. The standard InChI is InChI=1S/C31H31BClFN8O/c1-30(8-11-43-12-9-30)19-38-28-20(15-35)16-37-29-25(28)13-23(14-26(29)33)39-31(32,21-4-6-22(34)7-5-21)27-18-42(41-40-27)24-3-2-10-36-17-24/h2-7,10,13-14,16-18,39-41H,8-9,11-12,19,32H2,1H3,(H,37,38). The normalized spacial score (nSPS) is 17.4. The summed E-state index contributed by atoms with van der Waals surface area (Å²) in [5, 5.41) is 20.2. The van der Waals surface area contributed by atoms with E-state index < -0.39 is 5.44 Å². The van der Waals surface area contributed by atoms with Crippen molar-refractivity contribution in [1.29, 1.82) is 5.26 Å². The van der Waals surface area contributed by atoms with Crippen molar-refractivity contribution in [2.24, 2.45) is 5.41 Å². The summed E-state index contributed by atoms with van der Waals surface area (Å²) < 4.78 is 19.6. The number of pyridine rings is 2. The number of nitriles is 1. The van der Waals surface area contributed by atoms with Gasteiger partial charge in [0, 0.05) is 49.4 Å². The summed E-state index contributed by atoms with van der Waals surface area (Å²) in [6.45, 7) is 4.36. The van der Waals surface area contributed by atoms with Gasteiger partial charge in [-0.2, -0.15) is 5.26 Å². The number of benzene rings is 2. The van der Waals surface area contributed by atoms with Crippen LogP contribution in [0.3, 0.4) is 0 Å². The Balaban J connectivity index is 1.40. The van der Waals surface area contributed by atoms with Gasteiger partial charge in [0.15, 0.2) is 0 Å². The van der Waals surface area contributed by atoms with Crippen LogP contribution in [0.15, 0.2) is 79.0 Å². The van der Waals surface area contributed by atoms with Gasteiger partial charge < -0.3 is 20.8 Å². The van der Waals surface area contributed by atoms with Crippen LogP contribution in [0.25, 0.3) is 10.9 Å². The molecule has 4 aromatic rings. The second-order valence-corrected chi connectivity index (χ2v) is 11.8. The van der Waals surface area contributed by atoms with Crippen molar-refractivity contribution >= 4 is 47.4 Å². The number of hydrazine groups is 2. The summed E-state index contributed by atoms with van der Waals surface area (Å²) in [6.07, 6.45) is 8.80. The molecule has 0 spiro atoms. The smallest absolute Gasteiger partial charge is 0.148 e. The first kappa shape index (κ1) is 28.7. The minimum atomic E-state index is -0.863. The second kappa shape index (κ2) is 11.7. The molecule has 218 valence electrons. The third kappa shape index (κ3) is 5.82. The molecule has 0 saturated carbocycles. The maximum Gasteiger partial charge on any atom is 0.148 e. The molecule has 0 aliphatic carbocycles. The Kier molecular flexibility index (Phi) is 7.84. The van der Waals surface area contributed by atoms with Gasteiger partial charge in [-0.05, 0) is 60.2 Å². The van der Waals surface area contributed by atoms with Crippen molar-refractivity contribution in [3.05, 3.63) is 101 Å². The van der Waals surface area contributed by atoms with Gasteiger partial charge in [0.05, 0.1) is 44.8 Å². The maximum atomic E-state index is 14.0. The molecule has 2 aliphatic heterocycles. The molecule has 1 unspecified atom stereocenters. The monoisotopic (exact) mass is 596 g/mol. The Morgan fingerprint density at radius 3 is 2.72 bits per heavy atom. The largest absolute Gasteiger partial charge is 0.383 e. The van der Waals surface area contributed by atoms with Crippen LogP contribution in [0.4, 0.5) is 21.5 Å². The summed E-state index contributed by atoms with van der Waals surface area (Å²) in [6, 6.07) is 16.2. The zero-order valence-electron chi connectivity index (χ0n) is 23.9. The van der Waals surface area contributed by atoms with Crippen LogP contribution in [0.1, 0.15) is 30.9 Å². The van der Waals surface area contributed by atoms with Gasteiger partial charge in [-0.1, -0.05) is 30.7 Å². The molecule has 4 N–H and O–H groups in total. The third-order valence-electron chi connectivity index (χ3n) is 8.29. The van der Waals surface area contributed by atoms with Gasteiger partial charge in [-0.3, -0.25) is 15.0 Å². The van der Waals surface area contributed by atoms with E-state index >= 15 is 0 Å². The molecule has 9 nitrogen and oxygen atoms in total. The van der Waals surface area contributed by atoms with E-state index in [2.05, 4.69) is 44.6 Å². The average molecular weight is 597 g/mol. The lowest BCUT2D eigenvalue weighted by molar-refractivity contribution is 0.0300. The van der Waals surface area contributed by atoms with E-state index in [1.165, 1.54) is 12.1 Å². The quantitative estimate of drug-likeness (QED) is 0.213. The lowest BCUT2D eigenvalue weighted by Gasteiger charge is -2.34. The number of ether oxygens (including phenoxy) is 1. The van der Waals surface area contributed by atoms with E-state index in [1.807, 2.05) is 43.3 Å². The van der Waals surface area contributed by atoms with E-state index in [1.54, 1.807) is 30.7 Å². The van der Waals surface area contributed by atoms with Gasteiger partial charge in [-0.25, -0.2) is 4.39 Å². The van der Waals surface area contributed by atoms with Crippen molar-refractivity contribution in [2.45, 2.75) is 25.2 Å². The van der Waals surface area contributed by atoms with Crippen molar-refractivity contribution < 1.29 is 9.13 Å². The Hall–Kier alpha value is -4.37. The SMILES string of the molecule is BC(Nc1cc(Cl)c2ncc(C#N)c(NCC3(C)CCOCC3)c2c1)(C1=CN(c2cccnc2)NN1)c1ccc(F)cc1. The molecule has 43 heavy (non-hydrogen) atoms.